The standard InChI is InChI=1S/C36H39Cl2FN6O3/c1-43-15-5-8-23(43)20-48-35-26-18-29(28-11-6-16-44(28)36(46)47-2)45(22-12-14-41-19-22)34(26)25-17-21(7-4-13-40)30(32(39)33(25)42-35)24-9-3-10-27(37)31(24)38/h3,9-10,17-18,22-23,28,41H,4-8,11-12,14-16,19-20H2,1-2H3. The third-order valence-electron chi connectivity index (χ3n) is 10.3. The van der Waals surface area contributed by atoms with Crippen LogP contribution in [-0.4, -0.2) is 78.4 Å². The molecule has 3 saturated heterocycles. The second-order valence-electron chi connectivity index (χ2n) is 13.1. The third-order valence-corrected chi connectivity index (χ3v) is 11.1. The fraction of sp³-hybridized carbons (Fsp3) is 0.472. The number of rotatable bonds is 8. The van der Waals surface area contributed by atoms with E-state index in [0.717, 1.165) is 68.3 Å². The van der Waals surface area contributed by atoms with Crippen LogP contribution in [-0.2, 0) is 11.2 Å². The highest BCUT2D eigenvalue weighted by atomic mass is 35.5. The molecule has 252 valence electrons. The van der Waals surface area contributed by atoms with Crippen molar-refractivity contribution in [3.63, 3.8) is 0 Å². The number of carbonyl (C=O) groups excluding carboxylic acids is 1. The van der Waals surface area contributed by atoms with Crippen molar-refractivity contribution in [3.8, 4) is 23.1 Å². The number of likely N-dealkylation sites (tertiary alicyclic amines) is 2. The van der Waals surface area contributed by atoms with E-state index in [0.29, 0.717) is 47.0 Å². The van der Waals surface area contributed by atoms with Crippen molar-refractivity contribution >= 4 is 51.1 Å². The second kappa shape index (κ2) is 13.7. The molecule has 0 radical (unpaired) electrons. The number of fused-ring (bicyclic) bond motifs is 3. The van der Waals surface area contributed by atoms with E-state index in [-0.39, 0.29) is 46.7 Å². The van der Waals surface area contributed by atoms with Crippen LogP contribution in [0.25, 0.3) is 32.9 Å². The Hall–Kier alpha value is -3.62. The molecule has 0 aliphatic carbocycles. The predicted octanol–water partition coefficient (Wildman–Crippen LogP) is 7.67. The maximum absolute atomic E-state index is 17.3. The number of methoxy groups -OCH3 is 1. The first-order chi connectivity index (χ1) is 23.3. The Morgan fingerprint density at radius 3 is 2.73 bits per heavy atom. The first kappa shape index (κ1) is 32.9. The molecule has 0 spiro atoms. The number of hydrogen-bond donors (Lipinski definition) is 1. The minimum atomic E-state index is -0.537. The Morgan fingerprint density at radius 2 is 2.00 bits per heavy atom. The molecule has 1 N–H and O–H groups in total. The lowest BCUT2D eigenvalue weighted by Crippen LogP contribution is -2.32. The molecule has 4 aromatic rings. The summed E-state index contributed by atoms with van der Waals surface area (Å²) in [6.45, 7) is 3.58. The molecular formula is C36H39Cl2FN6O3. The van der Waals surface area contributed by atoms with Crippen LogP contribution in [0.4, 0.5) is 9.18 Å². The molecule has 1 amide bonds. The number of likely N-dealkylation sites (N-methyl/N-ethyl adjacent to an activating group) is 1. The van der Waals surface area contributed by atoms with Gasteiger partial charge in [-0.3, -0.25) is 4.90 Å². The van der Waals surface area contributed by atoms with E-state index in [2.05, 4.69) is 34.0 Å². The van der Waals surface area contributed by atoms with Crippen molar-refractivity contribution < 1.29 is 18.7 Å². The van der Waals surface area contributed by atoms with Gasteiger partial charge >= 0.3 is 6.09 Å². The molecule has 3 fully saturated rings. The number of pyridine rings is 1. The van der Waals surface area contributed by atoms with E-state index in [1.807, 2.05) is 6.07 Å². The summed E-state index contributed by atoms with van der Waals surface area (Å²) < 4.78 is 31.3. The molecule has 0 saturated carbocycles. The smallest absolute Gasteiger partial charge is 0.410 e. The normalized spacial score (nSPS) is 21.4. The lowest BCUT2D eigenvalue weighted by molar-refractivity contribution is 0.117. The number of aromatic nitrogens is 2. The maximum Gasteiger partial charge on any atom is 0.410 e. The number of nitriles is 1. The predicted molar refractivity (Wildman–Crippen MR) is 185 cm³/mol. The largest absolute Gasteiger partial charge is 0.476 e. The molecule has 48 heavy (non-hydrogen) atoms. The van der Waals surface area contributed by atoms with Crippen LogP contribution in [0.5, 0.6) is 5.88 Å². The summed E-state index contributed by atoms with van der Waals surface area (Å²) in [5, 5.41) is 15.0. The van der Waals surface area contributed by atoms with Gasteiger partial charge in [-0.25, -0.2) is 14.2 Å². The summed E-state index contributed by atoms with van der Waals surface area (Å²) in [5.41, 5.74) is 3.31. The first-order valence-corrected chi connectivity index (χ1v) is 17.5. The quantitative estimate of drug-likeness (QED) is 0.202. The zero-order valence-corrected chi connectivity index (χ0v) is 28.7. The fourth-order valence-corrected chi connectivity index (χ4v) is 8.29. The summed E-state index contributed by atoms with van der Waals surface area (Å²) in [7, 11) is 3.50. The SMILES string of the molecule is COC(=O)N1CCCC1c1cc2c(OCC3CCCN3C)nc3c(F)c(-c4cccc(Cl)c4Cl)c(CCC#N)cc3c2n1C1CCNC1. The molecule has 2 aromatic heterocycles. The van der Waals surface area contributed by atoms with Gasteiger partial charge in [0.15, 0.2) is 5.82 Å². The van der Waals surface area contributed by atoms with Gasteiger partial charge < -0.3 is 24.3 Å². The zero-order valence-electron chi connectivity index (χ0n) is 27.2. The average Bonchev–Trinajstić information content (AvgIpc) is 3.91. The number of amides is 1. The minimum absolute atomic E-state index is 0.0599. The average molecular weight is 694 g/mol. The topological polar surface area (TPSA) is 95.7 Å². The second-order valence-corrected chi connectivity index (χ2v) is 13.8. The van der Waals surface area contributed by atoms with Gasteiger partial charge in [-0.2, -0.15) is 5.26 Å². The van der Waals surface area contributed by atoms with Crippen LogP contribution in [0.3, 0.4) is 0 Å². The van der Waals surface area contributed by atoms with Gasteiger partial charge in [-0.05, 0) is 82.4 Å². The molecule has 0 bridgehead atoms. The molecular weight excluding hydrogens is 654 g/mol. The number of hydrogen-bond acceptors (Lipinski definition) is 7. The summed E-state index contributed by atoms with van der Waals surface area (Å²) in [6.07, 6.45) is 4.73. The van der Waals surface area contributed by atoms with Crippen molar-refractivity contribution in [2.75, 3.05) is 46.9 Å². The number of benzene rings is 2. The third kappa shape index (κ3) is 5.75. The Balaban J connectivity index is 1.53. The van der Waals surface area contributed by atoms with Crippen LogP contribution in [0.1, 0.15) is 61.9 Å². The van der Waals surface area contributed by atoms with Gasteiger partial charge in [0.2, 0.25) is 5.88 Å². The molecule has 12 heteroatoms. The number of halogens is 3. The highest BCUT2D eigenvalue weighted by Crippen LogP contribution is 2.46. The van der Waals surface area contributed by atoms with Crippen molar-refractivity contribution in [3.05, 3.63) is 57.5 Å². The number of nitrogens with one attached hydrogen (secondary N) is 1. The van der Waals surface area contributed by atoms with Crippen molar-refractivity contribution in [1.29, 1.82) is 5.26 Å². The van der Waals surface area contributed by atoms with E-state index in [4.69, 9.17) is 37.7 Å². The Morgan fingerprint density at radius 1 is 1.17 bits per heavy atom. The van der Waals surface area contributed by atoms with Crippen LogP contribution in [0.2, 0.25) is 10.0 Å². The highest BCUT2D eigenvalue weighted by Gasteiger charge is 2.37. The summed E-state index contributed by atoms with van der Waals surface area (Å²) in [6, 6.07) is 11.5. The number of carbonyl (C=O) groups is 1. The van der Waals surface area contributed by atoms with E-state index >= 15 is 4.39 Å². The number of aryl methyl sites for hydroxylation is 1. The molecule has 3 aliphatic heterocycles. The molecule has 3 unspecified atom stereocenters. The number of ether oxygens (including phenoxy) is 2. The van der Waals surface area contributed by atoms with Crippen molar-refractivity contribution in [2.24, 2.45) is 0 Å². The van der Waals surface area contributed by atoms with Crippen molar-refractivity contribution in [1.82, 2.24) is 24.7 Å². The van der Waals surface area contributed by atoms with Crippen LogP contribution < -0.4 is 10.1 Å². The van der Waals surface area contributed by atoms with Crippen LogP contribution >= 0.6 is 23.2 Å². The zero-order chi connectivity index (χ0) is 33.5. The van der Waals surface area contributed by atoms with Gasteiger partial charge in [-0.15, -0.1) is 0 Å². The molecule has 5 heterocycles. The summed E-state index contributed by atoms with van der Waals surface area (Å²) in [4.78, 5) is 22.0. The summed E-state index contributed by atoms with van der Waals surface area (Å²) in [5.74, 6) is -0.177. The van der Waals surface area contributed by atoms with Gasteiger partial charge in [0.25, 0.3) is 0 Å². The lowest BCUT2D eigenvalue weighted by Gasteiger charge is -2.27. The lowest BCUT2D eigenvalue weighted by atomic mass is 9.93. The van der Waals surface area contributed by atoms with Crippen molar-refractivity contribution in [2.45, 2.75) is 63.1 Å². The maximum atomic E-state index is 17.3. The summed E-state index contributed by atoms with van der Waals surface area (Å²) >= 11 is 13.1. The Kier molecular flexibility index (Phi) is 9.40. The minimum Gasteiger partial charge on any atom is -0.476 e. The van der Waals surface area contributed by atoms with E-state index in [1.54, 1.807) is 23.1 Å². The van der Waals surface area contributed by atoms with Crippen LogP contribution in [0.15, 0.2) is 30.3 Å². The molecule has 3 atom stereocenters. The van der Waals surface area contributed by atoms with Gasteiger partial charge in [-0.1, -0.05) is 35.3 Å². The van der Waals surface area contributed by atoms with Crippen LogP contribution in [0, 0.1) is 17.1 Å². The monoisotopic (exact) mass is 692 g/mol. The Bertz CT molecular complexity index is 1920. The van der Waals surface area contributed by atoms with Gasteiger partial charge in [0.1, 0.15) is 12.1 Å². The number of nitrogens with zero attached hydrogens (tertiary/aromatic N) is 5. The highest BCUT2D eigenvalue weighted by molar-refractivity contribution is 6.43. The first-order valence-electron chi connectivity index (χ1n) is 16.7. The Labute approximate surface area is 289 Å². The van der Waals surface area contributed by atoms with Gasteiger partial charge in [0, 0.05) is 53.8 Å². The van der Waals surface area contributed by atoms with Gasteiger partial charge in [0.05, 0.1) is 40.2 Å². The molecule has 9 nitrogen and oxygen atoms in total. The molecule has 7 rings (SSSR count). The molecule has 2 aromatic carbocycles. The molecule has 3 aliphatic rings. The van der Waals surface area contributed by atoms with E-state index < -0.39 is 5.82 Å². The van der Waals surface area contributed by atoms with E-state index in [9.17, 15) is 10.1 Å². The van der Waals surface area contributed by atoms with E-state index in [1.165, 1.54) is 7.11 Å². The fourth-order valence-electron chi connectivity index (χ4n) is 7.90.